The van der Waals surface area contributed by atoms with Crippen molar-refractivity contribution >= 4 is 28.2 Å². The molecule has 0 saturated heterocycles. The molecular weight excluding hydrogens is 236 g/mol. The molecule has 0 aliphatic rings. The van der Waals surface area contributed by atoms with Crippen LogP contribution in [0.25, 0.3) is 11.0 Å². The predicted octanol–water partition coefficient (Wildman–Crippen LogP) is 1.54. The number of carbonyl (C=O) groups is 1. The van der Waals surface area contributed by atoms with Gasteiger partial charge < -0.3 is 5.32 Å². The van der Waals surface area contributed by atoms with E-state index in [-0.39, 0.29) is 23.7 Å². The molecule has 0 amide bonds. The molecule has 2 aromatic rings. The van der Waals surface area contributed by atoms with Gasteiger partial charge in [0.25, 0.3) is 0 Å². The number of ketones is 1. The number of carbonyl (C=O) groups excluding carboxylic acids is 1. The highest BCUT2D eigenvalue weighted by Crippen LogP contribution is 2.29. The average molecular weight is 246 g/mol. The molecule has 7 nitrogen and oxygen atoms in total. The molecule has 0 aliphatic carbocycles. The number of Topliss-reactive ketones (excluding diaryl/α,β-unsaturated/α-hetero) is 1. The van der Waals surface area contributed by atoms with Gasteiger partial charge in [-0.05, 0) is 19.1 Å². The minimum atomic E-state index is -0.552. The van der Waals surface area contributed by atoms with Crippen molar-refractivity contribution in [2.75, 3.05) is 11.9 Å². The standard InChI is InChI=1S/C11H10N4O3/c1-7(16)5-14-11-9(15(17)18)6-13-8-3-2-4-12-10(8)11/h2-4,6H,5H2,1H3,(H,13,14). The maximum Gasteiger partial charge on any atom is 0.312 e. The van der Waals surface area contributed by atoms with E-state index in [0.717, 1.165) is 6.20 Å². The molecule has 92 valence electrons. The molecule has 7 heteroatoms. The predicted molar refractivity (Wildman–Crippen MR) is 65.4 cm³/mol. The third kappa shape index (κ3) is 2.24. The average Bonchev–Trinajstić information content (AvgIpc) is 2.35. The van der Waals surface area contributed by atoms with E-state index in [2.05, 4.69) is 15.3 Å². The zero-order valence-corrected chi connectivity index (χ0v) is 9.58. The minimum absolute atomic E-state index is 0.0104. The maximum atomic E-state index is 11.0. The van der Waals surface area contributed by atoms with Crippen molar-refractivity contribution in [1.82, 2.24) is 9.97 Å². The third-order valence-electron chi connectivity index (χ3n) is 2.32. The quantitative estimate of drug-likeness (QED) is 0.649. The summed E-state index contributed by atoms with van der Waals surface area (Å²) in [5.74, 6) is -0.120. The van der Waals surface area contributed by atoms with Gasteiger partial charge in [-0.25, -0.2) is 4.98 Å². The molecule has 0 fully saturated rings. The molecule has 0 atom stereocenters. The van der Waals surface area contributed by atoms with Gasteiger partial charge in [-0.3, -0.25) is 19.9 Å². The van der Waals surface area contributed by atoms with Gasteiger partial charge in [0.05, 0.1) is 17.0 Å². The smallest absolute Gasteiger partial charge is 0.312 e. The zero-order chi connectivity index (χ0) is 13.1. The Morgan fingerprint density at radius 3 is 2.94 bits per heavy atom. The molecule has 0 bridgehead atoms. The van der Waals surface area contributed by atoms with Crippen LogP contribution in [0.15, 0.2) is 24.5 Å². The summed E-state index contributed by atoms with van der Waals surface area (Å²) in [6.45, 7) is 1.41. The highest BCUT2D eigenvalue weighted by Gasteiger charge is 2.18. The summed E-state index contributed by atoms with van der Waals surface area (Å²) in [6, 6.07) is 3.39. The van der Waals surface area contributed by atoms with Gasteiger partial charge >= 0.3 is 5.69 Å². The highest BCUT2D eigenvalue weighted by atomic mass is 16.6. The Hall–Kier alpha value is -2.57. The first-order chi connectivity index (χ1) is 8.59. The monoisotopic (exact) mass is 246 g/mol. The molecule has 1 N–H and O–H groups in total. The third-order valence-corrected chi connectivity index (χ3v) is 2.32. The van der Waals surface area contributed by atoms with Crippen LogP contribution in [0.5, 0.6) is 0 Å². The Morgan fingerprint density at radius 1 is 1.50 bits per heavy atom. The number of fused-ring (bicyclic) bond motifs is 1. The zero-order valence-electron chi connectivity index (χ0n) is 9.58. The molecule has 18 heavy (non-hydrogen) atoms. The molecule has 0 saturated carbocycles. The van der Waals surface area contributed by atoms with Gasteiger partial charge in [0, 0.05) is 6.20 Å². The second-order valence-corrected chi connectivity index (χ2v) is 3.70. The molecule has 0 radical (unpaired) electrons. The summed E-state index contributed by atoms with van der Waals surface area (Å²) in [6.07, 6.45) is 2.68. The van der Waals surface area contributed by atoms with Crippen molar-refractivity contribution in [2.45, 2.75) is 6.92 Å². The van der Waals surface area contributed by atoms with E-state index in [4.69, 9.17) is 0 Å². The number of nitrogens with zero attached hydrogens (tertiary/aromatic N) is 3. The topological polar surface area (TPSA) is 98.0 Å². The van der Waals surface area contributed by atoms with Crippen molar-refractivity contribution in [1.29, 1.82) is 0 Å². The SMILES string of the molecule is CC(=O)CNc1c([N+](=O)[O-])cnc2cccnc12. The van der Waals surface area contributed by atoms with Crippen LogP contribution >= 0.6 is 0 Å². The van der Waals surface area contributed by atoms with Gasteiger partial charge in [-0.2, -0.15) is 0 Å². The fourth-order valence-electron chi connectivity index (χ4n) is 1.54. The second-order valence-electron chi connectivity index (χ2n) is 3.70. The van der Waals surface area contributed by atoms with Gasteiger partial charge in [-0.1, -0.05) is 0 Å². The molecule has 0 aliphatic heterocycles. The lowest BCUT2D eigenvalue weighted by Gasteiger charge is -2.07. The van der Waals surface area contributed by atoms with Crippen LogP contribution in [0.2, 0.25) is 0 Å². The normalized spacial score (nSPS) is 10.3. The number of nitrogens with one attached hydrogen (secondary N) is 1. The first-order valence-electron chi connectivity index (χ1n) is 5.21. The van der Waals surface area contributed by atoms with Crippen LogP contribution in [-0.2, 0) is 4.79 Å². The molecular formula is C11H10N4O3. The lowest BCUT2D eigenvalue weighted by molar-refractivity contribution is -0.384. The van der Waals surface area contributed by atoms with E-state index in [0.29, 0.717) is 11.0 Å². The fourth-order valence-corrected chi connectivity index (χ4v) is 1.54. The van der Waals surface area contributed by atoms with Crippen LogP contribution in [0.4, 0.5) is 11.4 Å². The van der Waals surface area contributed by atoms with Crippen LogP contribution < -0.4 is 5.32 Å². The van der Waals surface area contributed by atoms with Crippen molar-refractivity contribution in [3.05, 3.63) is 34.6 Å². The van der Waals surface area contributed by atoms with E-state index in [1.54, 1.807) is 12.1 Å². The summed E-state index contributed by atoms with van der Waals surface area (Å²) in [7, 11) is 0. The lowest BCUT2D eigenvalue weighted by Crippen LogP contribution is -2.12. The Bertz CT molecular complexity index is 627. The number of anilines is 1. The molecule has 0 spiro atoms. The molecule has 2 rings (SSSR count). The second kappa shape index (κ2) is 4.74. The number of pyridine rings is 2. The largest absolute Gasteiger partial charge is 0.371 e. The lowest BCUT2D eigenvalue weighted by atomic mass is 10.2. The number of aromatic nitrogens is 2. The molecule has 0 unspecified atom stereocenters. The van der Waals surface area contributed by atoms with Gasteiger partial charge in [-0.15, -0.1) is 0 Å². The number of hydrogen-bond donors (Lipinski definition) is 1. The highest BCUT2D eigenvalue weighted by molar-refractivity contribution is 5.94. The molecule has 2 heterocycles. The van der Waals surface area contributed by atoms with Gasteiger partial charge in [0.1, 0.15) is 23.2 Å². The van der Waals surface area contributed by atoms with Crippen molar-refractivity contribution < 1.29 is 9.72 Å². The van der Waals surface area contributed by atoms with E-state index < -0.39 is 4.92 Å². The van der Waals surface area contributed by atoms with E-state index in [1.807, 2.05) is 0 Å². The van der Waals surface area contributed by atoms with Crippen LogP contribution in [0, 0.1) is 10.1 Å². The summed E-state index contributed by atoms with van der Waals surface area (Å²) < 4.78 is 0. The Kier molecular flexibility index (Phi) is 3.13. The van der Waals surface area contributed by atoms with E-state index in [9.17, 15) is 14.9 Å². The number of rotatable bonds is 4. The summed E-state index contributed by atoms with van der Waals surface area (Å²) in [4.78, 5) is 29.4. The first kappa shape index (κ1) is 11.9. The van der Waals surface area contributed by atoms with Crippen LogP contribution in [-0.4, -0.2) is 27.2 Å². The molecule has 2 aromatic heterocycles. The van der Waals surface area contributed by atoms with Crippen molar-refractivity contribution in [3.8, 4) is 0 Å². The first-order valence-corrected chi connectivity index (χ1v) is 5.21. The Balaban J connectivity index is 2.58. The number of hydrogen-bond acceptors (Lipinski definition) is 6. The Morgan fingerprint density at radius 2 is 2.28 bits per heavy atom. The van der Waals surface area contributed by atoms with E-state index >= 15 is 0 Å². The van der Waals surface area contributed by atoms with Crippen molar-refractivity contribution in [2.24, 2.45) is 0 Å². The van der Waals surface area contributed by atoms with Crippen molar-refractivity contribution in [3.63, 3.8) is 0 Å². The number of nitro groups is 1. The van der Waals surface area contributed by atoms with Crippen LogP contribution in [0.3, 0.4) is 0 Å². The van der Waals surface area contributed by atoms with Gasteiger partial charge in [0.15, 0.2) is 0 Å². The summed E-state index contributed by atoms with van der Waals surface area (Å²) in [5.41, 5.74) is 0.949. The van der Waals surface area contributed by atoms with Gasteiger partial charge in [0.2, 0.25) is 0 Å². The van der Waals surface area contributed by atoms with E-state index in [1.165, 1.54) is 13.1 Å². The Labute approximate surface area is 102 Å². The molecule has 0 aromatic carbocycles. The fraction of sp³-hybridized carbons (Fsp3) is 0.182. The minimum Gasteiger partial charge on any atom is -0.371 e. The summed E-state index contributed by atoms with van der Waals surface area (Å²) >= 11 is 0. The van der Waals surface area contributed by atoms with Crippen LogP contribution in [0.1, 0.15) is 6.92 Å². The maximum absolute atomic E-state index is 11.0. The summed E-state index contributed by atoms with van der Waals surface area (Å²) in [5, 5.41) is 13.7.